The summed E-state index contributed by atoms with van der Waals surface area (Å²) in [6.45, 7) is 1.35. The fraction of sp³-hybridized carbons (Fsp3) is 0.286. The van der Waals surface area contributed by atoms with Crippen LogP contribution in [0.1, 0.15) is 0 Å². The molecule has 0 N–H and O–H groups in total. The molecule has 0 aromatic heterocycles. The van der Waals surface area contributed by atoms with Crippen molar-refractivity contribution in [3.05, 3.63) is 12.7 Å². The highest BCUT2D eigenvalue weighted by Gasteiger charge is 2.25. The van der Waals surface area contributed by atoms with Crippen LogP contribution in [0.5, 0.6) is 0 Å². The molecular weight excluding hydrogens is 202 g/mol. The zero-order valence-corrected chi connectivity index (χ0v) is 6.87. The third-order valence-electron chi connectivity index (χ3n) is 0.895. The fourth-order valence-corrected chi connectivity index (χ4v) is 0.384. The highest BCUT2D eigenvalue weighted by Crippen LogP contribution is 1.99. The molecular formula is C7H6F2O5. The Balaban J connectivity index is 4.05. The number of rotatable bonds is 4. The Bertz CT molecular complexity index is 263. The van der Waals surface area contributed by atoms with E-state index in [1.165, 1.54) is 0 Å². The zero-order valence-electron chi connectivity index (χ0n) is 6.87. The van der Waals surface area contributed by atoms with Gasteiger partial charge in [-0.2, -0.15) is 4.39 Å². The normalized spacial score (nSPS) is 11.3. The van der Waals surface area contributed by atoms with Crippen molar-refractivity contribution < 1.29 is 32.6 Å². The van der Waals surface area contributed by atoms with Crippen LogP contribution in [-0.4, -0.2) is 30.9 Å². The van der Waals surface area contributed by atoms with Crippen LogP contribution in [0.3, 0.4) is 0 Å². The van der Waals surface area contributed by atoms with Gasteiger partial charge in [-0.25, -0.2) is 18.8 Å². The maximum Gasteiger partial charge on any atom is 0.389 e. The Morgan fingerprint density at radius 3 is 2.43 bits per heavy atom. The second-order valence-electron chi connectivity index (χ2n) is 1.88. The number of carbonyl (C=O) groups is 3. The van der Waals surface area contributed by atoms with Gasteiger partial charge in [0.1, 0.15) is 0 Å². The molecule has 0 aliphatic rings. The first kappa shape index (κ1) is 12.2. The van der Waals surface area contributed by atoms with E-state index in [2.05, 4.69) is 16.1 Å². The third kappa shape index (κ3) is 4.29. The van der Waals surface area contributed by atoms with Gasteiger partial charge in [-0.3, -0.25) is 0 Å². The van der Waals surface area contributed by atoms with Crippen molar-refractivity contribution in [1.29, 1.82) is 0 Å². The van der Waals surface area contributed by atoms with E-state index in [0.29, 0.717) is 6.08 Å². The number of halogens is 2. The predicted molar refractivity (Wildman–Crippen MR) is 38.3 cm³/mol. The summed E-state index contributed by atoms with van der Waals surface area (Å²) < 4.78 is 31.3. The Labute approximate surface area is 77.3 Å². The maximum atomic E-state index is 12.5. The SMILES string of the molecule is C=CC(=O)OC(F)C(=O)OC(=O)CF. The van der Waals surface area contributed by atoms with E-state index in [9.17, 15) is 23.2 Å². The number of ether oxygens (including phenoxy) is 2. The van der Waals surface area contributed by atoms with E-state index in [1.807, 2.05) is 0 Å². The summed E-state index contributed by atoms with van der Waals surface area (Å²) in [7, 11) is 0. The summed E-state index contributed by atoms with van der Waals surface area (Å²) in [6.07, 6.45) is -2.16. The molecule has 1 atom stereocenters. The van der Waals surface area contributed by atoms with Gasteiger partial charge in [0.2, 0.25) is 0 Å². The minimum Gasteiger partial charge on any atom is -0.417 e. The topological polar surface area (TPSA) is 69.7 Å². The molecule has 0 spiro atoms. The number of hydrogen-bond donors (Lipinski definition) is 0. The van der Waals surface area contributed by atoms with Gasteiger partial charge in [0.15, 0.2) is 6.67 Å². The lowest BCUT2D eigenvalue weighted by Crippen LogP contribution is -2.27. The lowest BCUT2D eigenvalue weighted by Gasteiger charge is -2.05. The molecule has 14 heavy (non-hydrogen) atoms. The molecule has 0 amide bonds. The lowest BCUT2D eigenvalue weighted by atomic mass is 10.6. The van der Waals surface area contributed by atoms with Crippen LogP contribution >= 0.6 is 0 Å². The molecule has 0 fully saturated rings. The first-order chi connectivity index (χ1) is 6.51. The molecule has 0 aromatic rings. The predicted octanol–water partition coefficient (Wildman–Crippen LogP) is 0.0505. The summed E-state index contributed by atoms with van der Waals surface area (Å²) in [5, 5.41) is 0. The number of esters is 3. The van der Waals surface area contributed by atoms with E-state index >= 15 is 0 Å². The minimum absolute atomic E-state index is 0.608. The summed E-state index contributed by atoms with van der Waals surface area (Å²) >= 11 is 0. The second-order valence-corrected chi connectivity index (χ2v) is 1.88. The molecule has 0 radical (unpaired) electrons. The fourth-order valence-electron chi connectivity index (χ4n) is 0.384. The van der Waals surface area contributed by atoms with Crippen molar-refractivity contribution in [2.45, 2.75) is 6.36 Å². The van der Waals surface area contributed by atoms with Gasteiger partial charge < -0.3 is 9.47 Å². The van der Waals surface area contributed by atoms with Gasteiger partial charge in [-0.05, 0) is 0 Å². The standard InChI is InChI=1S/C7H6F2O5/c1-2-4(10)13-6(9)7(12)14-5(11)3-8/h2,6H,1,3H2. The van der Waals surface area contributed by atoms with Crippen LogP contribution in [0.25, 0.3) is 0 Å². The third-order valence-corrected chi connectivity index (χ3v) is 0.895. The van der Waals surface area contributed by atoms with E-state index < -0.39 is 30.9 Å². The Morgan fingerprint density at radius 1 is 1.43 bits per heavy atom. The molecule has 5 nitrogen and oxygen atoms in total. The van der Waals surface area contributed by atoms with Crippen molar-refractivity contribution in [3.8, 4) is 0 Å². The van der Waals surface area contributed by atoms with Crippen LogP contribution in [0.15, 0.2) is 12.7 Å². The largest absolute Gasteiger partial charge is 0.417 e. The zero-order chi connectivity index (χ0) is 11.1. The van der Waals surface area contributed by atoms with Gasteiger partial charge in [0.05, 0.1) is 0 Å². The lowest BCUT2D eigenvalue weighted by molar-refractivity contribution is -0.182. The van der Waals surface area contributed by atoms with Crippen molar-refractivity contribution in [2.75, 3.05) is 6.67 Å². The Hall–Kier alpha value is -1.79. The first-order valence-corrected chi connectivity index (χ1v) is 3.29. The van der Waals surface area contributed by atoms with Crippen LogP contribution < -0.4 is 0 Å². The van der Waals surface area contributed by atoms with Gasteiger partial charge in [0, 0.05) is 6.08 Å². The van der Waals surface area contributed by atoms with E-state index in [0.717, 1.165) is 0 Å². The number of hydrogen-bond acceptors (Lipinski definition) is 5. The van der Waals surface area contributed by atoms with Crippen LogP contribution in [0.4, 0.5) is 8.78 Å². The number of alkyl halides is 2. The molecule has 0 aliphatic heterocycles. The molecule has 0 aliphatic carbocycles. The minimum atomic E-state index is -2.77. The summed E-state index contributed by atoms with van der Waals surface area (Å²) in [5.74, 6) is -4.56. The van der Waals surface area contributed by atoms with Gasteiger partial charge >= 0.3 is 24.3 Å². The first-order valence-electron chi connectivity index (χ1n) is 3.29. The Kier molecular flexibility index (Phi) is 5.05. The van der Waals surface area contributed by atoms with Crippen LogP contribution in [-0.2, 0) is 23.9 Å². The van der Waals surface area contributed by atoms with Gasteiger partial charge in [-0.15, -0.1) is 0 Å². The summed E-state index contributed by atoms with van der Waals surface area (Å²) in [4.78, 5) is 30.9. The van der Waals surface area contributed by atoms with Crippen molar-refractivity contribution in [3.63, 3.8) is 0 Å². The van der Waals surface area contributed by atoms with E-state index in [4.69, 9.17) is 0 Å². The molecule has 0 saturated carbocycles. The van der Waals surface area contributed by atoms with E-state index in [-0.39, 0.29) is 0 Å². The summed E-state index contributed by atoms with van der Waals surface area (Å²) in [6, 6.07) is 0. The van der Waals surface area contributed by atoms with Crippen molar-refractivity contribution in [1.82, 2.24) is 0 Å². The summed E-state index contributed by atoms with van der Waals surface area (Å²) in [5.41, 5.74) is 0. The maximum absolute atomic E-state index is 12.5. The molecule has 1 unspecified atom stereocenters. The Morgan fingerprint density at radius 2 is 2.00 bits per heavy atom. The monoisotopic (exact) mass is 208 g/mol. The van der Waals surface area contributed by atoms with Crippen LogP contribution in [0.2, 0.25) is 0 Å². The smallest absolute Gasteiger partial charge is 0.389 e. The van der Waals surface area contributed by atoms with Crippen molar-refractivity contribution >= 4 is 17.9 Å². The molecule has 0 aromatic carbocycles. The molecule has 7 heteroatoms. The average Bonchev–Trinajstić information content (AvgIpc) is 2.17. The quantitative estimate of drug-likeness (QED) is 0.371. The highest BCUT2D eigenvalue weighted by molar-refractivity contribution is 5.90. The molecule has 0 heterocycles. The van der Waals surface area contributed by atoms with Crippen molar-refractivity contribution in [2.24, 2.45) is 0 Å². The van der Waals surface area contributed by atoms with Crippen LogP contribution in [0, 0.1) is 0 Å². The van der Waals surface area contributed by atoms with Gasteiger partial charge in [0.25, 0.3) is 0 Å². The average molecular weight is 208 g/mol. The van der Waals surface area contributed by atoms with Gasteiger partial charge in [-0.1, -0.05) is 6.58 Å². The number of carbonyl (C=O) groups excluding carboxylic acids is 3. The molecule has 78 valence electrons. The molecule has 0 rings (SSSR count). The highest BCUT2D eigenvalue weighted by atomic mass is 19.1. The second kappa shape index (κ2) is 5.79. The van der Waals surface area contributed by atoms with E-state index in [1.54, 1.807) is 0 Å². The molecule has 0 saturated heterocycles. The molecule has 0 bridgehead atoms.